The quantitative estimate of drug-likeness (QED) is 0.650. The number of ketones is 1. The predicted molar refractivity (Wildman–Crippen MR) is 88.9 cm³/mol. The number of rotatable bonds is 5. The molecule has 2 aromatic rings. The third-order valence-electron chi connectivity index (χ3n) is 2.95. The molecule has 0 heterocycles. The Kier molecular flexibility index (Phi) is 5.09. The molecule has 0 spiro atoms. The van der Waals surface area contributed by atoms with Crippen molar-refractivity contribution >= 4 is 23.1 Å². The fourth-order valence-electron chi connectivity index (χ4n) is 1.99. The summed E-state index contributed by atoms with van der Waals surface area (Å²) in [7, 11) is 0. The van der Waals surface area contributed by atoms with Crippen LogP contribution in [-0.4, -0.2) is 11.7 Å². The first-order valence-electron chi connectivity index (χ1n) is 6.97. The number of carbonyl (C=O) groups is 2. The van der Waals surface area contributed by atoms with Crippen LogP contribution < -0.4 is 10.6 Å². The molecule has 4 nitrogen and oxygen atoms in total. The third kappa shape index (κ3) is 4.59. The molecule has 0 saturated carbocycles. The van der Waals surface area contributed by atoms with Gasteiger partial charge in [-0.1, -0.05) is 30.3 Å². The van der Waals surface area contributed by atoms with Crippen LogP contribution in [0.4, 0.5) is 11.4 Å². The highest BCUT2D eigenvalue weighted by molar-refractivity contribution is 6.05. The van der Waals surface area contributed by atoms with E-state index in [0.29, 0.717) is 5.56 Å². The maximum atomic E-state index is 12.1. The molecule has 0 radical (unpaired) electrons. The van der Waals surface area contributed by atoms with Crippen molar-refractivity contribution < 1.29 is 9.59 Å². The van der Waals surface area contributed by atoms with E-state index >= 15 is 0 Å². The van der Waals surface area contributed by atoms with Gasteiger partial charge in [-0.25, -0.2) is 0 Å². The highest BCUT2D eigenvalue weighted by atomic mass is 16.1. The van der Waals surface area contributed by atoms with Gasteiger partial charge in [0.15, 0.2) is 5.78 Å². The highest BCUT2D eigenvalue weighted by Crippen LogP contribution is 2.15. The summed E-state index contributed by atoms with van der Waals surface area (Å²) in [6.45, 7) is 3.30. The molecule has 0 aliphatic heterocycles. The van der Waals surface area contributed by atoms with Crippen molar-refractivity contribution in [1.29, 1.82) is 0 Å². The van der Waals surface area contributed by atoms with E-state index < -0.39 is 0 Å². The van der Waals surface area contributed by atoms with Crippen molar-refractivity contribution in [2.45, 2.75) is 13.8 Å². The van der Waals surface area contributed by atoms with E-state index in [4.69, 9.17) is 0 Å². The minimum absolute atomic E-state index is 0.0412. The lowest BCUT2D eigenvalue weighted by atomic mass is 10.1. The Hall–Kier alpha value is -2.88. The van der Waals surface area contributed by atoms with Crippen molar-refractivity contribution in [2.75, 3.05) is 10.6 Å². The Labute approximate surface area is 129 Å². The second-order valence-corrected chi connectivity index (χ2v) is 4.94. The van der Waals surface area contributed by atoms with Crippen molar-refractivity contribution in [3.8, 4) is 0 Å². The van der Waals surface area contributed by atoms with Crippen LogP contribution >= 0.6 is 0 Å². The van der Waals surface area contributed by atoms with E-state index in [-0.39, 0.29) is 11.7 Å². The van der Waals surface area contributed by atoms with Crippen molar-refractivity contribution in [1.82, 2.24) is 0 Å². The molecule has 2 N–H and O–H groups in total. The molecule has 2 rings (SSSR count). The second-order valence-electron chi connectivity index (χ2n) is 4.94. The van der Waals surface area contributed by atoms with E-state index in [2.05, 4.69) is 10.6 Å². The average Bonchev–Trinajstić information content (AvgIpc) is 2.49. The van der Waals surface area contributed by atoms with Gasteiger partial charge in [-0.15, -0.1) is 0 Å². The van der Waals surface area contributed by atoms with Gasteiger partial charge in [-0.05, 0) is 31.2 Å². The van der Waals surface area contributed by atoms with E-state index in [1.54, 1.807) is 30.3 Å². The zero-order chi connectivity index (χ0) is 15.9. The van der Waals surface area contributed by atoms with Crippen LogP contribution in [0.1, 0.15) is 24.2 Å². The lowest BCUT2D eigenvalue weighted by Crippen LogP contribution is -2.05. The first kappa shape index (κ1) is 15.5. The monoisotopic (exact) mass is 294 g/mol. The average molecular weight is 294 g/mol. The first-order valence-corrected chi connectivity index (χ1v) is 6.97. The van der Waals surface area contributed by atoms with E-state index in [0.717, 1.165) is 17.1 Å². The standard InChI is InChI=1S/C18H18N2O2/c1-13(12-18(22)15-6-4-3-5-7-15)19-16-8-10-17(11-9-16)20-14(2)21/h3-12,19H,1-2H3,(H,20,21)/b13-12+. The zero-order valence-corrected chi connectivity index (χ0v) is 12.6. The van der Waals surface area contributed by atoms with Crippen molar-refractivity contribution in [2.24, 2.45) is 0 Å². The maximum absolute atomic E-state index is 12.1. The summed E-state index contributed by atoms with van der Waals surface area (Å²) >= 11 is 0. The lowest BCUT2D eigenvalue weighted by Gasteiger charge is -2.08. The SMILES string of the molecule is CC(=O)Nc1ccc(N/C(C)=C/C(=O)c2ccccc2)cc1. The summed E-state index contributed by atoms with van der Waals surface area (Å²) in [5.41, 5.74) is 2.99. The summed E-state index contributed by atoms with van der Waals surface area (Å²) in [5, 5.41) is 5.85. The van der Waals surface area contributed by atoms with Gasteiger partial charge in [0.25, 0.3) is 0 Å². The summed E-state index contributed by atoms with van der Waals surface area (Å²) in [6, 6.07) is 16.4. The first-order chi connectivity index (χ1) is 10.5. The topological polar surface area (TPSA) is 58.2 Å². The van der Waals surface area contributed by atoms with Crippen LogP contribution in [0, 0.1) is 0 Å². The van der Waals surface area contributed by atoms with Gasteiger partial charge in [-0.2, -0.15) is 0 Å². The maximum Gasteiger partial charge on any atom is 0.221 e. The molecule has 0 aliphatic carbocycles. The molecule has 0 unspecified atom stereocenters. The number of hydrogen-bond donors (Lipinski definition) is 2. The number of benzene rings is 2. The number of allylic oxidation sites excluding steroid dienone is 2. The molecule has 0 fully saturated rings. The Balaban J connectivity index is 2.02. The Morgan fingerprint density at radius 1 is 0.818 bits per heavy atom. The molecule has 4 heteroatoms. The Morgan fingerprint density at radius 3 is 1.91 bits per heavy atom. The van der Waals surface area contributed by atoms with Gasteiger partial charge in [0.2, 0.25) is 5.91 Å². The molecule has 0 aliphatic rings. The van der Waals surface area contributed by atoms with Crippen molar-refractivity contribution in [3.63, 3.8) is 0 Å². The van der Waals surface area contributed by atoms with E-state index in [1.807, 2.05) is 37.3 Å². The van der Waals surface area contributed by atoms with Gasteiger partial charge in [0.05, 0.1) is 0 Å². The molecule has 0 saturated heterocycles. The van der Waals surface area contributed by atoms with Crippen LogP contribution in [0.3, 0.4) is 0 Å². The molecule has 1 amide bonds. The van der Waals surface area contributed by atoms with Gasteiger partial charge in [0, 0.05) is 35.6 Å². The lowest BCUT2D eigenvalue weighted by molar-refractivity contribution is -0.114. The fourth-order valence-corrected chi connectivity index (χ4v) is 1.99. The summed E-state index contributed by atoms with van der Waals surface area (Å²) < 4.78 is 0. The normalized spacial score (nSPS) is 10.9. The molecule has 22 heavy (non-hydrogen) atoms. The van der Waals surface area contributed by atoms with Crippen LogP contribution in [0.25, 0.3) is 0 Å². The Morgan fingerprint density at radius 2 is 1.36 bits per heavy atom. The highest BCUT2D eigenvalue weighted by Gasteiger charge is 2.02. The minimum Gasteiger partial charge on any atom is -0.359 e. The predicted octanol–water partition coefficient (Wildman–Crippen LogP) is 3.84. The molecule has 0 bridgehead atoms. The number of nitrogens with one attached hydrogen (secondary N) is 2. The van der Waals surface area contributed by atoms with Gasteiger partial charge >= 0.3 is 0 Å². The number of amides is 1. The minimum atomic E-state index is -0.106. The second kappa shape index (κ2) is 7.22. The van der Waals surface area contributed by atoms with E-state index in [1.165, 1.54) is 6.92 Å². The van der Waals surface area contributed by atoms with Gasteiger partial charge in [0.1, 0.15) is 0 Å². The van der Waals surface area contributed by atoms with Crippen LogP contribution in [0.2, 0.25) is 0 Å². The van der Waals surface area contributed by atoms with Gasteiger partial charge < -0.3 is 10.6 Å². The largest absolute Gasteiger partial charge is 0.359 e. The zero-order valence-electron chi connectivity index (χ0n) is 12.6. The van der Waals surface area contributed by atoms with Crippen LogP contribution in [0.15, 0.2) is 66.4 Å². The molecular formula is C18H18N2O2. The third-order valence-corrected chi connectivity index (χ3v) is 2.95. The Bertz CT molecular complexity index is 689. The molecule has 2 aromatic carbocycles. The number of hydrogen-bond acceptors (Lipinski definition) is 3. The van der Waals surface area contributed by atoms with Crippen LogP contribution in [0.5, 0.6) is 0 Å². The van der Waals surface area contributed by atoms with Crippen LogP contribution in [-0.2, 0) is 4.79 Å². The number of anilines is 2. The van der Waals surface area contributed by atoms with Crippen molar-refractivity contribution in [3.05, 3.63) is 71.9 Å². The summed E-state index contributed by atoms with van der Waals surface area (Å²) in [4.78, 5) is 23.0. The van der Waals surface area contributed by atoms with E-state index in [9.17, 15) is 9.59 Å². The number of carbonyl (C=O) groups excluding carboxylic acids is 2. The molecule has 112 valence electrons. The summed E-state index contributed by atoms with van der Waals surface area (Å²) in [6.07, 6.45) is 1.57. The molecular weight excluding hydrogens is 276 g/mol. The summed E-state index contributed by atoms with van der Waals surface area (Å²) in [5.74, 6) is -0.147. The smallest absolute Gasteiger partial charge is 0.221 e. The van der Waals surface area contributed by atoms with Gasteiger partial charge in [-0.3, -0.25) is 9.59 Å². The molecule has 0 atom stereocenters. The fraction of sp³-hybridized carbons (Fsp3) is 0.111. The molecule has 0 aromatic heterocycles.